The average molecular weight is 479 g/mol. The molecule has 1 heterocycles. The third-order valence-electron chi connectivity index (χ3n) is 8.74. The van der Waals surface area contributed by atoms with Crippen LogP contribution in [0.3, 0.4) is 0 Å². The van der Waals surface area contributed by atoms with Crippen LogP contribution < -0.4 is 0 Å². The minimum atomic E-state index is 1.37. The predicted molar refractivity (Wildman–Crippen MR) is 156 cm³/mol. The van der Waals surface area contributed by atoms with Crippen LogP contribution in [0.25, 0.3) is 0 Å². The molecule has 204 valence electrons. The summed E-state index contributed by atoms with van der Waals surface area (Å²) in [5.41, 5.74) is 0. The number of hydrogen-bond acceptors (Lipinski definition) is 0. The molecule has 0 saturated carbocycles. The fourth-order valence-corrected chi connectivity index (χ4v) is 6.32. The first kappa shape index (κ1) is 32.0. The zero-order valence-electron chi connectivity index (χ0n) is 24.4. The first-order chi connectivity index (χ1) is 16.8. The van der Waals surface area contributed by atoms with E-state index in [1.807, 2.05) is 0 Å². The molecule has 0 atom stereocenters. The van der Waals surface area contributed by atoms with Crippen molar-refractivity contribution in [2.24, 2.45) is 0 Å². The van der Waals surface area contributed by atoms with Gasteiger partial charge in [0.2, 0.25) is 0 Å². The second-order valence-corrected chi connectivity index (χ2v) is 12.1. The van der Waals surface area contributed by atoms with E-state index in [9.17, 15) is 0 Å². The highest BCUT2D eigenvalue weighted by molar-refractivity contribution is 4.58. The lowest BCUT2D eigenvalue weighted by atomic mass is 10.0. The van der Waals surface area contributed by atoms with E-state index < -0.39 is 0 Å². The number of rotatable bonds is 27. The smallest absolute Gasteiger partial charge is 0.0788 e. The minimum Gasteiger partial charge on any atom is -0.324 e. The summed E-state index contributed by atoms with van der Waals surface area (Å²) < 4.78 is 1.49. The molecular formula is C33H68N+. The van der Waals surface area contributed by atoms with Gasteiger partial charge in [-0.05, 0) is 25.7 Å². The molecule has 0 spiro atoms. The van der Waals surface area contributed by atoms with Crippen LogP contribution in [0.2, 0.25) is 0 Å². The number of likely N-dealkylation sites (tertiary alicyclic amines) is 1. The highest BCUT2D eigenvalue weighted by Crippen LogP contribution is 2.23. The standard InChI is InChI=1S/C33H68N/c1-3-5-7-9-11-13-14-15-16-17-18-19-20-21-23-25-27-31-34(32-28-29-33-34)30-26-24-22-12-10-8-6-4-2/h3-33H2,1-2H3/q+1. The number of unbranched alkanes of at least 4 members (excludes halogenated alkanes) is 23. The van der Waals surface area contributed by atoms with Crippen LogP contribution in [0.15, 0.2) is 0 Å². The van der Waals surface area contributed by atoms with Gasteiger partial charge in [0.1, 0.15) is 0 Å². The Labute approximate surface area is 217 Å². The molecule has 1 saturated heterocycles. The SMILES string of the molecule is CCCCCCCCCCCCCCCCCCC[N+]1(CCCCCCCCCC)CCCC1. The molecule has 0 bridgehead atoms. The Kier molecular flexibility index (Phi) is 23.2. The lowest BCUT2D eigenvalue weighted by molar-refractivity contribution is -0.917. The Bertz CT molecular complexity index is 384. The van der Waals surface area contributed by atoms with Gasteiger partial charge in [0.25, 0.3) is 0 Å². The fourth-order valence-electron chi connectivity index (χ4n) is 6.32. The van der Waals surface area contributed by atoms with Gasteiger partial charge in [-0.25, -0.2) is 0 Å². The molecule has 0 aliphatic carbocycles. The maximum Gasteiger partial charge on any atom is 0.0788 e. The van der Waals surface area contributed by atoms with E-state index in [0.29, 0.717) is 0 Å². The summed E-state index contributed by atoms with van der Waals surface area (Å²) in [7, 11) is 0. The third kappa shape index (κ3) is 19.2. The van der Waals surface area contributed by atoms with Gasteiger partial charge >= 0.3 is 0 Å². The van der Waals surface area contributed by atoms with E-state index in [4.69, 9.17) is 0 Å². The molecule has 1 nitrogen and oxygen atoms in total. The Morgan fingerprint density at radius 3 is 0.824 bits per heavy atom. The molecule has 0 aromatic carbocycles. The lowest BCUT2D eigenvalue weighted by Gasteiger charge is -2.34. The molecule has 1 rings (SSSR count). The van der Waals surface area contributed by atoms with Crippen LogP contribution in [-0.4, -0.2) is 30.7 Å². The minimum absolute atomic E-state index is 1.37. The van der Waals surface area contributed by atoms with Gasteiger partial charge in [-0.1, -0.05) is 149 Å². The largest absolute Gasteiger partial charge is 0.324 e. The van der Waals surface area contributed by atoms with Crippen molar-refractivity contribution in [3.05, 3.63) is 0 Å². The lowest BCUT2D eigenvalue weighted by Crippen LogP contribution is -2.46. The Balaban J connectivity index is 1.86. The molecule has 0 aromatic heterocycles. The van der Waals surface area contributed by atoms with Gasteiger partial charge in [0, 0.05) is 12.8 Å². The van der Waals surface area contributed by atoms with E-state index >= 15 is 0 Å². The van der Waals surface area contributed by atoms with Gasteiger partial charge in [0.05, 0.1) is 26.2 Å². The van der Waals surface area contributed by atoms with Crippen molar-refractivity contribution >= 4 is 0 Å². The zero-order chi connectivity index (χ0) is 24.4. The molecule has 1 fully saturated rings. The van der Waals surface area contributed by atoms with Crippen LogP contribution in [0.5, 0.6) is 0 Å². The molecule has 0 unspecified atom stereocenters. The van der Waals surface area contributed by atoms with Crippen LogP contribution in [0.1, 0.15) is 187 Å². The highest BCUT2D eigenvalue weighted by atomic mass is 15.4. The van der Waals surface area contributed by atoms with E-state index in [-0.39, 0.29) is 0 Å². The molecule has 1 aliphatic heterocycles. The monoisotopic (exact) mass is 479 g/mol. The summed E-state index contributed by atoms with van der Waals surface area (Å²) in [6.45, 7) is 10.6. The van der Waals surface area contributed by atoms with Crippen molar-refractivity contribution in [2.45, 2.75) is 187 Å². The summed E-state index contributed by atoms with van der Waals surface area (Å²) in [5.74, 6) is 0. The van der Waals surface area contributed by atoms with Gasteiger partial charge in [-0.2, -0.15) is 0 Å². The van der Waals surface area contributed by atoms with E-state index in [0.717, 1.165) is 0 Å². The van der Waals surface area contributed by atoms with Crippen molar-refractivity contribution in [2.75, 3.05) is 26.2 Å². The van der Waals surface area contributed by atoms with Crippen molar-refractivity contribution in [3.8, 4) is 0 Å². The predicted octanol–water partition coefficient (Wildman–Crippen LogP) is 11.4. The van der Waals surface area contributed by atoms with Crippen LogP contribution >= 0.6 is 0 Å². The van der Waals surface area contributed by atoms with E-state index in [1.165, 1.54) is 204 Å². The summed E-state index contributed by atoms with van der Waals surface area (Å²) in [5, 5.41) is 0. The Morgan fingerprint density at radius 1 is 0.324 bits per heavy atom. The molecule has 0 N–H and O–H groups in total. The topological polar surface area (TPSA) is 0 Å². The molecule has 1 heteroatoms. The molecule has 0 amide bonds. The van der Waals surface area contributed by atoms with Crippen molar-refractivity contribution in [3.63, 3.8) is 0 Å². The summed E-state index contributed by atoms with van der Waals surface area (Å²) in [4.78, 5) is 0. The molecular weight excluding hydrogens is 410 g/mol. The van der Waals surface area contributed by atoms with E-state index in [2.05, 4.69) is 13.8 Å². The van der Waals surface area contributed by atoms with E-state index in [1.54, 1.807) is 0 Å². The van der Waals surface area contributed by atoms with Crippen LogP contribution in [0, 0.1) is 0 Å². The van der Waals surface area contributed by atoms with Crippen molar-refractivity contribution in [1.29, 1.82) is 0 Å². The van der Waals surface area contributed by atoms with Gasteiger partial charge < -0.3 is 4.48 Å². The first-order valence-corrected chi connectivity index (χ1v) is 16.7. The quantitative estimate of drug-likeness (QED) is 0.0813. The van der Waals surface area contributed by atoms with Crippen LogP contribution in [-0.2, 0) is 0 Å². The number of hydrogen-bond donors (Lipinski definition) is 0. The third-order valence-corrected chi connectivity index (χ3v) is 8.74. The summed E-state index contributed by atoms with van der Waals surface area (Å²) in [6, 6.07) is 0. The molecule has 1 aliphatic rings. The van der Waals surface area contributed by atoms with Gasteiger partial charge in [-0.15, -0.1) is 0 Å². The molecule has 34 heavy (non-hydrogen) atoms. The molecule has 0 radical (unpaired) electrons. The molecule has 0 aromatic rings. The zero-order valence-corrected chi connectivity index (χ0v) is 24.4. The maximum absolute atomic E-state index is 2.32. The van der Waals surface area contributed by atoms with Gasteiger partial charge in [0.15, 0.2) is 0 Å². The van der Waals surface area contributed by atoms with Crippen molar-refractivity contribution < 1.29 is 4.48 Å². The van der Waals surface area contributed by atoms with Crippen LogP contribution in [0.4, 0.5) is 0 Å². The highest BCUT2D eigenvalue weighted by Gasteiger charge is 2.30. The number of nitrogens with zero attached hydrogens (tertiary/aromatic N) is 1. The Morgan fingerprint density at radius 2 is 0.559 bits per heavy atom. The average Bonchev–Trinajstić information content (AvgIpc) is 3.31. The number of quaternary nitrogens is 1. The summed E-state index contributed by atoms with van der Waals surface area (Å²) >= 11 is 0. The fraction of sp³-hybridized carbons (Fsp3) is 1.00. The first-order valence-electron chi connectivity index (χ1n) is 16.7. The maximum atomic E-state index is 2.32. The van der Waals surface area contributed by atoms with Gasteiger partial charge in [-0.3, -0.25) is 0 Å². The normalized spacial score (nSPS) is 15.4. The summed E-state index contributed by atoms with van der Waals surface area (Å²) in [6.07, 6.45) is 39.9. The van der Waals surface area contributed by atoms with Crippen molar-refractivity contribution in [1.82, 2.24) is 0 Å². The second-order valence-electron chi connectivity index (χ2n) is 12.1. The Hall–Kier alpha value is -0.0400. The second kappa shape index (κ2) is 24.6.